The van der Waals surface area contributed by atoms with Crippen LogP contribution in [-0.4, -0.2) is 36.2 Å². The molecule has 2 aromatic rings. The molecule has 0 aliphatic carbocycles. The predicted octanol–water partition coefficient (Wildman–Crippen LogP) is 3.13. The van der Waals surface area contributed by atoms with E-state index in [4.69, 9.17) is 0 Å². The number of carbonyl (C=O) groups is 1. The summed E-state index contributed by atoms with van der Waals surface area (Å²) in [5.41, 5.74) is 1.21. The molecule has 5 heteroatoms. The predicted molar refractivity (Wildman–Crippen MR) is 91.9 cm³/mol. The van der Waals surface area contributed by atoms with Crippen LogP contribution in [0.2, 0.25) is 0 Å². The topological polar surface area (TPSA) is 49.3 Å². The van der Waals surface area contributed by atoms with Crippen LogP contribution in [-0.2, 0) is 0 Å². The molecule has 0 radical (unpaired) electrons. The van der Waals surface area contributed by atoms with Gasteiger partial charge in [0.05, 0.1) is 0 Å². The minimum Gasteiger partial charge on any atom is -0.355 e. The lowest BCUT2D eigenvalue weighted by molar-refractivity contribution is 0.0987. The van der Waals surface area contributed by atoms with Crippen LogP contribution >= 0.6 is 0 Å². The van der Waals surface area contributed by atoms with Gasteiger partial charge in [0, 0.05) is 25.8 Å². The maximum absolute atomic E-state index is 12.5. The fourth-order valence-corrected chi connectivity index (χ4v) is 2.85. The van der Waals surface area contributed by atoms with Crippen molar-refractivity contribution in [3.8, 4) is 0 Å². The number of benzene rings is 1. The molecule has 0 unspecified atom stereocenters. The van der Waals surface area contributed by atoms with Crippen LogP contribution in [0, 0.1) is 0 Å². The van der Waals surface area contributed by atoms with Crippen LogP contribution in [0.4, 0.5) is 11.5 Å². The Kier molecular flexibility index (Phi) is 4.86. The Morgan fingerprint density at radius 2 is 1.65 bits per heavy atom. The van der Waals surface area contributed by atoms with Crippen molar-refractivity contribution in [2.24, 2.45) is 0 Å². The van der Waals surface area contributed by atoms with E-state index in [1.165, 1.54) is 25.7 Å². The van der Waals surface area contributed by atoms with Gasteiger partial charge in [-0.2, -0.15) is 0 Å². The van der Waals surface area contributed by atoms with Crippen LogP contribution in [0.1, 0.15) is 36.2 Å². The zero-order chi connectivity index (χ0) is 16.1. The van der Waals surface area contributed by atoms with E-state index in [-0.39, 0.29) is 5.91 Å². The molecule has 1 amide bonds. The van der Waals surface area contributed by atoms with Crippen LogP contribution < -0.4 is 9.80 Å². The highest BCUT2D eigenvalue weighted by atomic mass is 16.2. The number of rotatable bonds is 3. The van der Waals surface area contributed by atoms with Gasteiger partial charge in [-0.1, -0.05) is 31.0 Å². The van der Waals surface area contributed by atoms with Crippen molar-refractivity contribution in [3.63, 3.8) is 0 Å². The quantitative estimate of drug-likeness (QED) is 0.874. The number of hydrogen-bond acceptors (Lipinski definition) is 4. The lowest BCUT2D eigenvalue weighted by Gasteiger charge is -2.21. The van der Waals surface area contributed by atoms with Crippen molar-refractivity contribution in [1.29, 1.82) is 0 Å². The number of amides is 1. The smallest absolute Gasteiger partial charge is 0.278 e. The first kappa shape index (κ1) is 15.5. The lowest BCUT2D eigenvalue weighted by atomic mass is 10.2. The summed E-state index contributed by atoms with van der Waals surface area (Å²) in [6.45, 7) is 2.04. The molecule has 0 atom stereocenters. The van der Waals surface area contributed by atoms with E-state index in [0.29, 0.717) is 5.69 Å². The molecule has 120 valence electrons. The van der Waals surface area contributed by atoms with Gasteiger partial charge in [-0.25, -0.2) is 0 Å². The summed E-state index contributed by atoms with van der Waals surface area (Å²) in [7, 11) is 1.75. The summed E-state index contributed by atoms with van der Waals surface area (Å²) in [5, 5.41) is 8.42. The highest BCUT2D eigenvalue weighted by Gasteiger charge is 2.17. The number of para-hydroxylation sites is 1. The minimum absolute atomic E-state index is 0.147. The molecule has 1 aromatic carbocycles. The Morgan fingerprint density at radius 1 is 0.957 bits per heavy atom. The van der Waals surface area contributed by atoms with E-state index in [9.17, 15) is 4.79 Å². The van der Waals surface area contributed by atoms with E-state index < -0.39 is 0 Å². The zero-order valence-corrected chi connectivity index (χ0v) is 13.5. The van der Waals surface area contributed by atoms with Crippen LogP contribution in [0.25, 0.3) is 0 Å². The average molecular weight is 310 g/mol. The number of carbonyl (C=O) groups excluding carboxylic acids is 1. The SMILES string of the molecule is CN(C(=O)c1ccc(N2CCCCCC2)nn1)c1ccccc1. The molecule has 1 aliphatic rings. The average Bonchev–Trinajstić information content (AvgIpc) is 2.91. The zero-order valence-electron chi connectivity index (χ0n) is 13.5. The van der Waals surface area contributed by atoms with Gasteiger partial charge in [0.25, 0.3) is 5.91 Å². The first-order valence-corrected chi connectivity index (χ1v) is 8.17. The third-order valence-corrected chi connectivity index (χ3v) is 4.25. The third kappa shape index (κ3) is 3.67. The molecule has 1 saturated heterocycles. The molecule has 0 bridgehead atoms. The van der Waals surface area contributed by atoms with E-state index in [1.54, 1.807) is 18.0 Å². The fraction of sp³-hybridized carbons (Fsp3) is 0.389. The van der Waals surface area contributed by atoms with Crippen molar-refractivity contribution in [2.45, 2.75) is 25.7 Å². The van der Waals surface area contributed by atoms with Crippen LogP contribution in [0.15, 0.2) is 42.5 Å². The van der Waals surface area contributed by atoms with E-state index in [2.05, 4.69) is 15.1 Å². The Morgan fingerprint density at radius 3 is 2.26 bits per heavy atom. The van der Waals surface area contributed by atoms with Crippen LogP contribution in [0.5, 0.6) is 0 Å². The highest BCUT2D eigenvalue weighted by molar-refractivity contribution is 6.04. The summed E-state index contributed by atoms with van der Waals surface area (Å²) in [6, 6.07) is 13.2. The van der Waals surface area contributed by atoms with Crippen molar-refractivity contribution in [1.82, 2.24) is 10.2 Å². The molecule has 1 aromatic heterocycles. The molecule has 2 heterocycles. The first-order valence-electron chi connectivity index (χ1n) is 8.17. The second kappa shape index (κ2) is 7.22. The molecule has 0 saturated carbocycles. The van der Waals surface area contributed by atoms with Crippen LogP contribution in [0.3, 0.4) is 0 Å². The van der Waals surface area contributed by atoms with Crippen molar-refractivity contribution in [2.75, 3.05) is 29.9 Å². The Labute approximate surface area is 136 Å². The molecule has 23 heavy (non-hydrogen) atoms. The van der Waals surface area contributed by atoms with Gasteiger partial charge in [0.1, 0.15) is 0 Å². The van der Waals surface area contributed by atoms with Gasteiger partial charge in [0.15, 0.2) is 11.5 Å². The molecule has 0 N–H and O–H groups in total. The van der Waals surface area contributed by atoms with E-state index in [0.717, 1.165) is 24.6 Å². The Balaban J connectivity index is 1.72. The molecule has 1 aliphatic heterocycles. The number of nitrogens with zero attached hydrogens (tertiary/aromatic N) is 4. The second-order valence-corrected chi connectivity index (χ2v) is 5.88. The molecular weight excluding hydrogens is 288 g/mol. The fourth-order valence-electron chi connectivity index (χ4n) is 2.85. The first-order chi connectivity index (χ1) is 11.3. The van der Waals surface area contributed by atoms with Gasteiger partial charge in [-0.05, 0) is 37.1 Å². The summed E-state index contributed by atoms with van der Waals surface area (Å²) in [4.78, 5) is 16.3. The summed E-state index contributed by atoms with van der Waals surface area (Å²) in [5.74, 6) is 0.719. The summed E-state index contributed by atoms with van der Waals surface area (Å²) < 4.78 is 0. The Hall–Kier alpha value is -2.43. The Bertz CT molecular complexity index is 634. The van der Waals surface area contributed by atoms with Gasteiger partial charge in [0.2, 0.25) is 0 Å². The van der Waals surface area contributed by atoms with Crippen molar-refractivity contribution >= 4 is 17.4 Å². The maximum atomic E-state index is 12.5. The molecule has 1 fully saturated rings. The monoisotopic (exact) mass is 310 g/mol. The van der Waals surface area contributed by atoms with Crippen molar-refractivity contribution in [3.05, 3.63) is 48.2 Å². The number of aromatic nitrogens is 2. The number of anilines is 2. The van der Waals surface area contributed by atoms with Gasteiger partial charge in [-0.15, -0.1) is 10.2 Å². The normalized spacial score (nSPS) is 15.1. The molecule has 0 spiro atoms. The van der Waals surface area contributed by atoms with Gasteiger partial charge < -0.3 is 9.80 Å². The minimum atomic E-state index is -0.147. The standard InChI is InChI=1S/C18H22N4O/c1-21(15-9-5-4-6-10-15)18(23)16-11-12-17(20-19-16)22-13-7-2-3-8-14-22/h4-6,9-12H,2-3,7-8,13-14H2,1H3. The largest absolute Gasteiger partial charge is 0.355 e. The summed E-state index contributed by atoms with van der Waals surface area (Å²) in [6.07, 6.45) is 4.95. The molecule has 3 rings (SSSR count). The third-order valence-electron chi connectivity index (χ3n) is 4.25. The van der Waals surface area contributed by atoms with Gasteiger partial charge in [-0.3, -0.25) is 4.79 Å². The highest BCUT2D eigenvalue weighted by Crippen LogP contribution is 2.18. The summed E-state index contributed by atoms with van der Waals surface area (Å²) >= 11 is 0. The van der Waals surface area contributed by atoms with E-state index in [1.807, 2.05) is 36.4 Å². The molecule has 5 nitrogen and oxygen atoms in total. The lowest BCUT2D eigenvalue weighted by Crippen LogP contribution is -2.28. The second-order valence-electron chi connectivity index (χ2n) is 5.88. The van der Waals surface area contributed by atoms with Crippen molar-refractivity contribution < 1.29 is 4.79 Å². The molecular formula is C18H22N4O. The van der Waals surface area contributed by atoms with E-state index >= 15 is 0 Å². The van der Waals surface area contributed by atoms with Gasteiger partial charge >= 0.3 is 0 Å². The number of hydrogen-bond donors (Lipinski definition) is 0. The maximum Gasteiger partial charge on any atom is 0.278 e.